The van der Waals surface area contributed by atoms with E-state index in [-0.39, 0.29) is 17.2 Å². The van der Waals surface area contributed by atoms with Gasteiger partial charge in [-0.2, -0.15) is 8.75 Å². The third-order valence-corrected chi connectivity index (χ3v) is 5.55. The first-order chi connectivity index (χ1) is 14.2. The number of carbonyl (C=O) groups is 1. The Morgan fingerprint density at radius 1 is 1.10 bits per heavy atom. The van der Waals surface area contributed by atoms with Crippen LogP contribution in [0.25, 0.3) is 5.57 Å². The normalized spacial score (nSPS) is 10.6. The van der Waals surface area contributed by atoms with Crippen molar-refractivity contribution in [2.24, 2.45) is 0 Å². The second-order valence-electron chi connectivity index (χ2n) is 6.68. The number of hydrogen-bond donors (Lipinski definition) is 3. The number of rotatable bonds is 6. The summed E-state index contributed by atoms with van der Waals surface area (Å²) in [6.07, 6.45) is 0. The fourth-order valence-corrected chi connectivity index (χ4v) is 3.51. The molecule has 0 aliphatic carbocycles. The van der Waals surface area contributed by atoms with E-state index in [0.29, 0.717) is 44.2 Å². The summed E-state index contributed by atoms with van der Waals surface area (Å²) in [7, 11) is 3.23. The molecule has 10 heteroatoms. The van der Waals surface area contributed by atoms with E-state index < -0.39 is 0 Å². The number of anilines is 4. The Labute approximate surface area is 188 Å². The second kappa shape index (κ2) is 8.91. The Morgan fingerprint density at radius 2 is 1.73 bits per heavy atom. The van der Waals surface area contributed by atoms with E-state index in [4.69, 9.17) is 23.2 Å². The molecule has 0 saturated carbocycles. The quantitative estimate of drug-likeness (QED) is 0.401. The number of nitrogens with one attached hydrogen (secondary N) is 2. The number of aromatic hydroxyl groups is 1. The number of allylic oxidation sites excluding steroid dienone is 1. The Bertz CT molecular complexity index is 1130. The first-order valence-corrected chi connectivity index (χ1v) is 10.2. The van der Waals surface area contributed by atoms with Gasteiger partial charge >= 0.3 is 0 Å². The van der Waals surface area contributed by atoms with Gasteiger partial charge in [-0.1, -0.05) is 47.5 Å². The van der Waals surface area contributed by atoms with Crippen LogP contribution < -0.4 is 10.6 Å². The molecule has 0 saturated heterocycles. The van der Waals surface area contributed by atoms with Gasteiger partial charge in [-0.05, 0) is 30.7 Å². The van der Waals surface area contributed by atoms with Gasteiger partial charge in [-0.25, -0.2) is 0 Å². The van der Waals surface area contributed by atoms with Crippen LogP contribution in [0.3, 0.4) is 0 Å². The molecule has 0 spiro atoms. The maximum absolute atomic E-state index is 12.7. The van der Waals surface area contributed by atoms with Crippen molar-refractivity contribution in [2.45, 2.75) is 6.92 Å². The monoisotopic (exact) mass is 463 g/mol. The largest absolute Gasteiger partial charge is 0.505 e. The zero-order valence-corrected chi connectivity index (χ0v) is 18.8. The van der Waals surface area contributed by atoms with Crippen molar-refractivity contribution in [3.05, 3.63) is 58.1 Å². The van der Waals surface area contributed by atoms with Crippen molar-refractivity contribution >= 4 is 69.4 Å². The molecule has 0 radical (unpaired) electrons. The van der Waals surface area contributed by atoms with Gasteiger partial charge in [-0.15, -0.1) is 0 Å². The highest BCUT2D eigenvalue weighted by atomic mass is 35.5. The predicted molar refractivity (Wildman–Crippen MR) is 124 cm³/mol. The number of phenols is 1. The van der Waals surface area contributed by atoms with Crippen molar-refractivity contribution in [3.63, 3.8) is 0 Å². The lowest BCUT2D eigenvalue weighted by atomic mass is 9.98. The highest BCUT2D eigenvalue weighted by Crippen LogP contribution is 2.38. The first-order valence-electron chi connectivity index (χ1n) is 8.74. The standard InChI is InChI=1S/C20H19Cl2N5O2S/c1-10(2)11-8-9-14(17(28)15(11)20(29)27(3)4)24-19-18(25-30-26-19)23-13-7-5-6-12(21)16(13)22/h5-9,28H,1H2,2-4H3,(H,23,25)(H,24,26). The maximum Gasteiger partial charge on any atom is 0.257 e. The third-order valence-electron chi connectivity index (χ3n) is 4.20. The number of amides is 1. The number of benzene rings is 2. The van der Waals surface area contributed by atoms with Crippen molar-refractivity contribution in [3.8, 4) is 5.75 Å². The molecule has 1 heterocycles. The molecule has 7 nitrogen and oxygen atoms in total. The van der Waals surface area contributed by atoms with Crippen LogP contribution in [0.15, 0.2) is 36.9 Å². The highest BCUT2D eigenvalue weighted by Gasteiger charge is 2.22. The minimum Gasteiger partial charge on any atom is -0.505 e. The van der Waals surface area contributed by atoms with Gasteiger partial charge in [0.1, 0.15) is 0 Å². The Kier molecular flexibility index (Phi) is 6.50. The minimum absolute atomic E-state index is 0.160. The van der Waals surface area contributed by atoms with Gasteiger partial charge in [0.05, 0.1) is 38.7 Å². The van der Waals surface area contributed by atoms with E-state index in [0.717, 1.165) is 11.7 Å². The molecule has 2 aromatic carbocycles. The lowest BCUT2D eigenvalue weighted by Gasteiger charge is -2.18. The van der Waals surface area contributed by atoms with Crippen LogP contribution in [0.5, 0.6) is 5.75 Å². The number of hydrogen-bond acceptors (Lipinski definition) is 7. The molecule has 0 fully saturated rings. The molecule has 3 N–H and O–H groups in total. The van der Waals surface area contributed by atoms with Crippen molar-refractivity contribution < 1.29 is 9.90 Å². The fraction of sp³-hybridized carbons (Fsp3) is 0.150. The van der Waals surface area contributed by atoms with Crippen molar-refractivity contribution in [2.75, 3.05) is 24.7 Å². The van der Waals surface area contributed by atoms with Crippen LogP contribution in [0.2, 0.25) is 10.0 Å². The average molecular weight is 464 g/mol. The third kappa shape index (κ3) is 4.35. The SMILES string of the molecule is C=C(C)c1ccc(Nc2nsnc2Nc2cccc(Cl)c2Cl)c(O)c1C(=O)N(C)C. The van der Waals surface area contributed by atoms with Crippen LogP contribution in [-0.2, 0) is 0 Å². The Morgan fingerprint density at radius 3 is 2.33 bits per heavy atom. The maximum atomic E-state index is 12.7. The smallest absolute Gasteiger partial charge is 0.257 e. The van der Waals surface area contributed by atoms with Crippen LogP contribution in [0.4, 0.5) is 23.0 Å². The van der Waals surface area contributed by atoms with Gasteiger partial charge in [0, 0.05) is 14.1 Å². The van der Waals surface area contributed by atoms with Gasteiger partial charge in [0.25, 0.3) is 5.91 Å². The van der Waals surface area contributed by atoms with Gasteiger partial charge in [0.15, 0.2) is 17.4 Å². The molecule has 156 valence electrons. The molecular formula is C20H19Cl2N5O2S. The average Bonchev–Trinajstić information content (AvgIpc) is 3.12. The van der Waals surface area contributed by atoms with E-state index in [1.807, 2.05) is 0 Å². The summed E-state index contributed by atoms with van der Waals surface area (Å²) in [6, 6.07) is 8.57. The summed E-state index contributed by atoms with van der Waals surface area (Å²) in [4.78, 5) is 14.0. The number of carbonyl (C=O) groups excluding carboxylic acids is 1. The summed E-state index contributed by atoms with van der Waals surface area (Å²) < 4.78 is 8.45. The molecular weight excluding hydrogens is 445 g/mol. The van der Waals surface area contributed by atoms with E-state index in [1.54, 1.807) is 51.4 Å². The Hall–Kier alpha value is -2.81. The summed E-state index contributed by atoms with van der Waals surface area (Å²) in [5.41, 5.74) is 2.25. The number of aromatic nitrogens is 2. The molecule has 30 heavy (non-hydrogen) atoms. The lowest BCUT2D eigenvalue weighted by Crippen LogP contribution is -2.23. The summed E-state index contributed by atoms with van der Waals surface area (Å²) in [6.45, 7) is 5.67. The van der Waals surface area contributed by atoms with Crippen LogP contribution in [0.1, 0.15) is 22.8 Å². The molecule has 1 aromatic heterocycles. The van der Waals surface area contributed by atoms with E-state index in [9.17, 15) is 9.90 Å². The molecule has 0 unspecified atom stereocenters. The fourth-order valence-electron chi connectivity index (χ4n) is 2.70. The van der Waals surface area contributed by atoms with Crippen LogP contribution >= 0.6 is 34.9 Å². The predicted octanol–water partition coefficient (Wildman–Crippen LogP) is 5.77. The first kappa shape index (κ1) is 21.9. The molecule has 3 rings (SSSR count). The van der Waals surface area contributed by atoms with E-state index in [1.165, 1.54) is 4.90 Å². The summed E-state index contributed by atoms with van der Waals surface area (Å²) >= 11 is 13.3. The minimum atomic E-state index is -0.338. The van der Waals surface area contributed by atoms with Gasteiger partial charge in [-0.3, -0.25) is 4.79 Å². The molecule has 0 atom stereocenters. The zero-order chi connectivity index (χ0) is 22.0. The van der Waals surface area contributed by atoms with Gasteiger partial charge < -0.3 is 20.6 Å². The van der Waals surface area contributed by atoms with Gasteiger partial charge in [0.2, 0.25) is 0 Å². The topological polar surface area (TPSA) is 90.4 Å². The molecule has 0 bridgehead atoms. The molecule has 0 aliphatic rings. The van der Waals surface area contributed by atoms with Crippen molar-refractivity contribution in [1.29, 1.82) is 0 Å². The molecule has 3 aromatic rings. The van der Waals surface area contributed by atoms with E-state index >= 15 is 0 Å². The molecule has 1 amide bonds. The lowest BCUT2D eigenvalue weighted by molar-refractivity contribution is 0.0824. The van der Waals surface area contributed by atoms with Crippen LogP contribution in [-0.4, -0.2) is 38.8 Å². The highest BCUT2D eigenvalue weighted by molar-refractivity contribution is 6.99. The second-order valence-corrected chi connectivity index (χ2v) is 7.99. The van der Waals surface area contributed by atoms with E-state index in [2.05, 4.69) is 26.0 Å². The molecule has 0 aliphatic heterocycles. The number of phenolic OH excluding ortho intramolecular Hbond substituents is 1. The van der Waals surface area contributed by atoms with Crippen molar-refractivity contribution in [1.82, 2.24) is 13.6 Å². The summed E-state index contributed by atoms with van der Waals surface area (Å²) in [5, 5.41) is 17.7. The number of nitrogens with zero attached hydrogens (tertiary/aromatic N) is 3. The number of halogens is 2. The van der Waals surface area contributed by atoms with Crippen LogP contribution in [0, 0.1) is 0 Å². The Balaban J connectivity index is 1.97. The summed E-state index contributed by atoms with van der Waals surface area (Å²) in [5.74, 6) is 0.217. The zero-order valence-electron chi connectivity index (χ0n) is 16.5.